The number of aromatic nitrogens is 2. The predicted molar refractivity (Wildman–Crippen MR) is 75.1 cm³/mol. The summed E-state index contributed by atoms with van der Waals surface area (Å²) in [6, 6.07) is 13.4. The van der Waals surface area contributed by atoms with Crippen LogP contribution in [0.4, 0.5) is 4.39 Å². The van der Waals surface area contributed by atoms with Gasteiger partial charge in [0.25, 0.3) is 0 Å². The zero-order valence-electron chi connectivity index (χ0n) is 11.0. The van der Waals surface area contributed by atoms with E-state index in [1.165, 1.54) is 12.3 Å². The second kappa shape index (κ2) is 5.66. The lowest BCUT2D eigenvalue weighted by Crippen LogP contribution is -2.09. The first-order valence-corrected chi connectivity index (χ1v) is 6.36. The molecular weight excluding hydrogens is 271 g/mol. The van der Waals surface area contributed by atoms with Crippen LogP contribution in [0.15, 0.2) is 54.7 Å². The van der Waals surface area contributed by atoms with Gasteiger partial charge in [-0.3, -0.25) is 4.98 Å². The number of nitrogens with zero attached hydrogens (tertiary/aromatic N) is 2. The maximum atomic E-state index is 13.4. The van der Waals surface area contributed by atoms with Crippen molar-refractivity contribution < 1.29 is 13.9 Å². The van der Waals surface area contributed by atoms with Crippen LogP contribution in [0.25, 0.3) is 11.0 Å². The van der Waals surface area contributed by atoms with Gasteiger partial charge in [-0.05, 0) is 18.2 Å². The lowest BCUT2D eigenvalue weighted by atomic mass is 10.2. The Hall–Kier alpha value is -2.82. The number of halogens is 1. The number of esters is 1. The molecule has 104 valence electrons. The molecule has 21 heavy (non-hydrogen) atoms. The third-order valence-electron chi connectivity index (χ3n) is 2.97. The van der Waals surface area contributed by atoms with Gasteiger partial charge in [-0.1, -0.05) is 30.3 Å². The summed E-state index contributed by atoms with van der Waals surface area (Å²) >= 11 is 0. The molecule has 0 bridgehead atoms. The van der Waals surface area contributed by atoms with E-state index in [0.29, 0.717) is 16.6 Å². The molecule has 3 aromatic rings. The molecule has 0 unspecified atom stereocenters. The zero-order valence-corrected chi connectivity index (χ0v) is 11.0. The summed E-state index contributed by atoms with van der Waals surface area (Å²) in [7, 11) is 0. The summed E-state index contributed by atoms with van der Waals surface area (Å²) in [6.45, 7) is -0.139. The van der Waals surface area contributed by atoms with Crippen molar-refractivity contribution in [1.29, 1.82) is 0 Å². The quantitative estimate of drug-likeness (QED) is 0.692. The average molecular weight is 282 g/mol. The Kier molecular flexibility index (Phi) is 3.55. The monoisotopic (exact) mass is 282 g/mol. The van der Waals surface area contributed by atoms with Gasteiger partial charge in [-0.2, -0.15) is 0 Å². The molecule has 0 saturated carbocycles. The topological polar surface area (TPSA) is 52.1 Å². The molecule has 3 rings (SSSR count). The fraction of sp³-hybridized carbons (Fsp3) is 0.0625. The predicted octanol–water partition coefficient (Wildman–Crippen LogP) is 3.13. The second-order valence-electron chi connectivity index (χ2n) is 4.41. The van der Waals surface area contributed by atoms with Crippen LogP contribution in [0.3, 0.4) is 0 Å². The number of hydrogen-bond acceptors (Lipinski definition) is 4. The van der Waals surface area contributed by atoms with E-state index in [-0.39, 0.29) is 12.3 Å². The average Bonchev–Trinajstić information content (AvgIpc) is 2.53. The third kappa shape index (κ3) is 2.86. The highest BCUT2D eigenvalue weighted by Crippen LogP contribution is 2.11. The molecule has 0 aliphatic carbocycles. The second-order valence-corrected chi connectivity index (χ2v) is 4.41. The summed E-state index contributed by atoms with van der Waals surface area (Å²) in [5.41, 5.74) is 1.73. The van der Waals surface area contributed by atoms with E-state index in [2.05, 4.69) is 9.97 Å². The van der Waals surface area contributed by atoms with Crippen LogP contribution >= 0.6 is 0 Å². The van der Waals surface area contributed by atoms with Crippen molar-refractivity contribution >= 4 is 17.0 Å². The Morgan fingerprint density at radius 3 is 2.57 bits per heavy atom. The van der Waals surface area contributed by atoms with E-state index in [9.17, 15) is 9.18 Å². The molecule has 0 radical (unpaired) electrons. The van der Waals surface area contributed by atoms with Gasteiger partial charge in [-0.15, -0.1) is 0 Å². The Labute approximate surface area is 120 Å². The summed E-state index contributed by atoms with van der Waals surface area (Å²) in [5.74, 6) is -1.04. The van der Waals surface area contributed by atoms with Crippen LogP contribution in [-0.4, -0.2) is 15.9 Å². The molecule has 0 N–H and O–H groups in total. The van der Waals surface area contributed by atoms with Gasteiger partial charge < -0.3 is 4.74 Å². The molecule has 2 aromatic carbocycles. The maximum absolute atomic E-state index is 13.4. The van der Waals surface area contributed by atoms with Crippen LogP contribution in [0.5, 0.6) is 0 Å². The smallest absolute Gasteiger partial charge is 0.358 e. The van der Waals surface area contributed by atoms with E-state index in [1.54, 1.807) is 30.3 Å². The van der Waals surface area contributed by atoms with Crippen molar-refractivity contribution in [2.24, 2.45) is 0 Å². The van der Waals surface area contributed by atoms with Gasteiger partial charge in [0.1, 0.15) is 12.4 Å². The first-order chi connectivity index (χ1) is 10.2. The summed E-state index contributed by atoms with van der Waals surface area (Å²) in [4.78, 5) is 20.2. The fourth-order valence-corrected chi connectivity index (χ4v) is 1.89. The standard InChI is InChI=1S/C16H11FN2O2/c17-12-6-2-1-5-11(12)10-21-16(20)15-9-18-13-7-3-4-8-14(13)19-15/h1-9H,10H2. The van der Waals surface area contributed by atoms with Gasteiger partial charge >= 0.3 is 5.97 Å². The van der Waals surface area contributed by atoms with Crippen molar-refractivity contribution in [3.05, 3.63) is 71.8 Å². The van der Waals surface area contributed by atoms with Gasteiger partial charge in [0, 0.05) is 5.56 Å². The Balaban J connectivity index is 1.76. The number of carbonyl (C=O) groups excluding carboxylic acids is 1. The first-order valence-electron chi connectivity index (χ1n) is 6.36. The number of fused-ring (bicyclic) bond motifs is 1. The van der Waals surface area contributed by atoms with Gasteiger partial charge in [0.15, 0.2) is 5.69 Å². The number of hydrogen-bond donors (Lipinski definition) is 0. The zero-order chi connectivity index (χ0) is 14.7. The van der Waals surface area contributed by atoms with Crippen molar-refractivity contribution in [1.82, 2.24) is 9.97 Å². The Morgan fingerprint density at radius 2 is 1.76 bits per heavy atom. The first kappa shape index (κ1) is 13.2. The molecule has 0 saturated heterocycles. The van der Waals surface area contributed by atoms with Crippen LogP contribution in [0, 0.1) is 5.82 Å². The molecule has 5 heteroatoms. The van der Waals surface area contributed by atoms with Gasteiger partial charge in [0.05, 0.1) is 17.2 Å². The molecule has 4 nitrogen and oxygen atoms in total. The summed E-state index contributed by atoms with van der Waals surface area (Å²) in [5, 5.41) is 0. The van der Waals surface area contributed by atoms with E-state index in [4.69, 9.17) is 4.74 Å². The van der Waals surface area contributed by atoms with Crippen LogP contribution in [0.2, 0.25) is 0 Å². The van der Waals surface area contributed by atoms with Crippen LogP contribution < -0.4 is 0 Å². The molecule has 1 aromatic heterocycles. The van der Waals surface area contributed by atoms with E-state index < -0.39 is 11.8 Å². The molecule has 0 amide bonds. The minimum absolute atomic E-state index is 0.102. The minimum Gasteiger partial charge on any atom is -0.456 e. The molecule has 0 aliphatic rings. The van der Waals surface area contributed by atoms with Crippen molar-refractivity contribution in [2.45, 2.75) is 6.61 Å². The number of carbonyl (C=O) groups is 1. The Bertz CT molecular complexity index is 805. The number of para-hydroxylation sites is 2. The largest absolute Gasteiger partial charge is 0.456 e. The summed E-state index contributed by atoms with van der Waals surface area (Å²) < 4.78 is 18.5. The van der Waals surface area contributed by atoms with Gasteiger partial charge in [0.2, 0.25) is 0 Å². The van der Waals surface area contributed by atoms with Gasteiger partial charge in [-0.25, -0.2) is 14.2 Å². The fourth-order valence-electron chi connectivity index (χ4n) is 1.89. The molecule has 0 spiro atoms. The highest BCUT2D eigenvalue weighted by molar-refractivity contribution is 5.89. The highest BCUT2D eigenvalue weighted by Gasteiger charge is 2.12. The molecular formula is C16H11FN2O2. The third-order valence-corrected chi connectivity index (χ3v) is 2.97. The Morgan fingerprint density at radius 1 is 1.05 bits per heavy atom. The van der Waals surface area contributed by atoms with E-state index in [0.717, 1.165) is 0 Å². The van der Waals surface area contributed by atoms with Crippen molar-refractivity contribution in [3.8, 4) is 0 Å². The lowest BCUT2D eigenvalue weighted by Gasteiger charge is -2.05. The molecule has 1 heterocycles. The SMILES string of the molecule is O=C(OCc1ccccc1F)c1cnc2ccccc2n1. The number of ether oxygens (including phenoxy) is 1. The highest BCUT2D eigenvalue weighted by atomic mass is 19.1. The number of benzene rings is 2. The van der Waals surface area contributed by atoms with E-state index in [1.807, 2.05) is 12.1 Å². The van der Waals surface area contributed by atoms with Crippen molar-refractivity contribution in [2.75, 3.05) is 0 Å². The maximum Gasteiger partial charge on any atom is 0.358 e. The lowest BCUT2D eigenvalue weighted by molar-refractivity contribution is 0.0462. The van der Waals surface area contributed by atoms with Crippen LogP contribution in [-0.2, 0) is 11.3 Å². The normalized spacial score (nSPS) is 10.5. The molecule has 0 atom stereocenters. The minimum atomic E-state index is -0.628. The van der Waals surface area contributed by atoms with E-state index >= 15 is 0 Å². The summed E-state index contributed by atoms with van der Waals surface area (Å²) in [6.07, 6.45) is 1.35. The van der Waals surface area contributed by atoms with Crippen molar-refractivity contribution in [3.63, 3.8) is 0 Å². The number of rotatable bonds is 3. The van der Waals surface area contributed by atoms with Crippen LogP contribution in [0.1, 0.15) is 16.1 Å². The molecule has 0 fully saturated rings. The molecule has 0 aliphatic heterocycles.